The van der Waals surface area contributed by atoms with Crippen LogP contribution in [0, 0.1) is 11.8 Å². The number of hydrogen-bond donors (Lipinski definition) is 0. The third kappa shape index (κ3) is 4.19. The average molecular weight is 384 g/mol. The van der Waals surface area contributed by atoms with Crippen LogP contribution >= 0.6 is 0 Å². The van der Waals surface area contributed by atoms with Crippen molar-refractivity contribution in [3.63, 3.8) is 0 Å². The molecule has 3 amide bonds. The number of piperazine rings is 2. The molecule has 0 radical (unpaired) electrons. The molecular formula is C21H28N4O3. The molecule has 0 bridgehead atoms. The van der Waals surface area contributed by atoms with E-state index in [0.717, 1.165) is 39.1 Å². The molecule has 0 N–H and O–H groups in total. The highest BCUT2D eigenvalue weighted by molar-refractivity contribution is 5.92. The molecule has 3 aliphatic rings. The van der Waals surface area contributed by atoms with E-state index in [1.807, 2.05) is 15.9 Å². The van der Waals surface area contributed by atoms with Crippen molar-refractivity contribution in [3.8, 4) is 0 Å². The summed E-state index contributed by atoms with van der Waals surface area (Å²) in [5, 5.41) is 0. The summed E-state index contributed by atoms with van der Waals surface area (Å²) in [6, 6.07) is 10.4. The predicted octanol–water partition coefficient (Wildman–Crippen LogP) is 0.268. The first-order chi connectivity index (χ1) is 13.7. The molecule has 1 aliphatic carbocycles. The highest BCUT2D eigenvalue weighted by Gasteiger charge is 2.51. The highest BCUT2D eigenvalue weighted by Crippen LogP contribution is 2.41. The van der Waals surface area contributed by atoms with E-state index < -0.39 is 0 Å². The Balaban J connectivity index is 1.22. The van der Waals surface area contributed by atoms with Crippen molar-refractivity contribution < 1.29 is 14.4 Å². The third-order valence-corrected chi connectivity index (χ3v) is 6.13. The maximum Gasteiger partial charge on any atom is 0.226 e. The largest absolute Gasteiger partial charge is 0.342 e. The highest BCUT2D eigenvalue weighted by atomic mass is 16.2. The van der Waals surface area contributed by atoms with Crippen molar-refractivity contribution in [2.24, 2.45) is 11.8 Å². The van der Waals surface area contributed by atoms with Crippen LogP contribution in [-0.2, 0) is 20.9 Å². The number of benzene rings is 1. The Morgan fingerprint density at radius 1 is 0.821 bits per heavy atom. The lowest BCUT2D eigenvalue weighted by molar-refractivity contribution is -0.140. The van der Waals surface area contributed by atoms with Gasteiger partial charge < -0.3 is 14.7 Å². The van der Waals surface area contributed by atoms with E-state index in [1.165, 1.54) is 5.56 Å². The summed E-state index contributed by atoms with van der Waals surface area (Å²) in [5.74, 6) is -0.0641. The Morgan fingerprint density at radius 3 is 1.89 bits per heavy atom. The van der Waals surface area contributed by atoms with E-state index in [-0.39, 0.29) is 23.7 Å². The van der Waals surface area contributed by atoms with Crippen molar-refractivity contribution in [3.05, 3.63) is 35.9 Å². The number of amides is 3. The molecule has 2 saturated heterocycles. The van der Waals surface area contributed by atoms with Gasteiger partial charge in [-0.15, -0.1) is 0 Å². The maximum absolute atomic E-state index is 12.8. The molecule has 0 aromatic heterocycles. The van der Waals surface area contributed by atoms with Gasteiger partial charge in [0.2, 0.25) is 18.2 Å². The number of carbonyl (C=O) groups is 3. The van der Waals surface area contributed by atoms with Gasteiger partial charge in [-0.1, -0.05) is 30.3 Å². The molecule has 7 nitrogen and oxygen atoms in total. The summed E-state index contributed by atoms with van der Waals surface area (Å²) in [6.45, 7) is 6.47. The number of hydrogen-bond acceptors (Lipinski definition) is 4. The molecule has 150 valence electrons. The van der Waals surface area contributed by atoms with E-state index in [9.17, 15) is 14.4 Å². The van der Waals surface area contributed by atoms with Crippen LogP contribution in [-0.4, -0.2) is 90.2 Å². The molecule has 1 saturated carbocycles. The summed E-state index contributed by atoms with van der Waals surface area (Å²) in [5.41, 5.74) is 1.30. The fourth-order valence-corrected chi connectivity index (χ4v) is 4.23. The number of carbonyl (C=O) groups excluding carboxylic acids is 3. The van der Waals surface area contributed by atoms with Crippen molar-refractivity contribution in [2.75, 3.05) is 52.4 Å². The normalized spacial score (nSPS) is 25.5. The number of rotatable bonds is 5. The molecule has 0 spiro atoms. The van der Waals surface area contributed by atoms with Crippen LogP contribution in [0.5, 0.6) is 0 Å². The van der Waals surface area contributed by atoms with Gasteiger partial charge in [0.1, 0.15) is 0 Å². The zero-order valence-electron chi connectivity index (χ0n) is 16.2. The minimum absolute atomic E-state index is 0.0895. The first-order valence-corrected chi connectivity index (χ1v) is 10.2. The molecule has 1 aromatic rings. The molecule has 1 aromatic carbocycles. The minimum Gasteiger partial charge on any atom is -0.342 e. The van der Waals surface area contributed by atoms with Crippen LogP contribution in [0.4, 0.5) is 0 Å². The summed E-state index contributed by atoms with van der Waals surface area (Å²) in [7, 11) is 0. The second-order valence-corrected chi connectivity index (χ2v) is 8.00. The summed E-state index contributed by atoms with van der Waals surface area (Å²) in [6.07, 6.45) is 1.51. The first kappa shape index (κ1) is 18.9. The van der Waals surface area contributed by atoms with Crippen LogP contribution in [0.3, 0.4) is 0 Å². The second-order valence-electron chi connectivity index (χ2n) is 8.00. The lowest BCUT2D eigenvalue weighted by Gasteiger charge is -2.35. The van der Waals surface area contributed by atoms with Gasteiger partial charge in [-0.3, -0.25) is 19.3 Å². The fourth-order valence-electron chi connectivity index (χ4n) is 4.23. The smallest absolute Gasteiger partial charge is 0.226 e. The Hall–Kier alpha value is -2.41. The quantitative estimate of drug-likeness (QED) is 0.684. The Kier molecular flexibility index (Phi) is 5.62. The van der Waals surface area contributed by atoms with Crippen LogP contribution in [0.1, 0.15) is 12.0 Å². The van der Waals surface area contributed by atoms with Gasteiger partial charge >= 0.3 is 0 Å². The van der Waals surface area contributed by atoms with E-state index in [4.69, 9.17) is 0 Å². The topological polar surface area (TPSA) is 64.2 Å². The van der Waals surface area contributed by atoms with Gasteiger partial charge in [0, 0.05) is 58.9 Å². The van der Waals surface area contributed by atoms with Gasteiger partial charge in [0.05, 0.1) is 11.8 Å². The molecule has 7 heteroatoms. The van der Waals surface area contributed by atoms with Gasteiger partial charge in [-0.25, -0.2) is 0 Å². The van der Waals surface area contributed by atoms with Crippen LogP contribution in [0.2, 0.25) is 0 Å². The van der Waals surface area contributed by atoms with Gasteiger partial charge in [0.25, 0.3) is 0 Å². The molecule has 2 aliphatic heterocycles. The van der Waals surface area contributed by atoms with Crippen LogP contribution < -0.4 is 0 Å². The number of nitrogens with zero attached hydrogens (tertiary/aromatic N) is 4. The van der Waals surface area contributed by atoms with Crippen molar-refractivity contribution >= 4 is 18.2 Å². The standard InChI is InChI=1S/C21H28N4O3/c26-16-23-8-12-25(13-9-23)21(28)19-14-18(19)20(27)24-10-6-22(7-11-24)15-17-4-2-1-3-5-17/h1-5,16,18-19H,6-15H2. The summed E-state index contributed by atoms with van der Waals surface area (Å²) >= 11 is 0. The molecular weight excluding hydrogens is 356 g/mol. The fraction of sp³-hybridized carbons (Fsp3) is 0.571. The zero-order valence-corrected chi connectivity index (χ0v) is 16.2. The van der Waals surface area contributed by atoms with Gasteiger partial charge in [-0.05, 0) is 12.0 Å². The zero-order chi connectivity index (χ0) is 19.5. The molecule has 2 unspecified atom stereocenters. The van der Waals surface area contributed by atoms with Gasteiger partial charge in [-0.2, -0.15) is 0 Å². The van der Waals surface area contributed by atoms with Crippen LogP contribution in [0.25, 0.3) is 0 Å². The van der Waals surface area contributed by atoms with Crippen molar-refractivity contribution in [1.29, 1.82) is 0 Å². The maximum atomic E-state index is 12.8. The SMILES string of the molecule is O=CN1CCN(C(=O)C2CC2C(=O)N2CCN(Cc3ccccc3)CC2)CC1. The second kappa shape index (κ2) is 8.31. The lowest BCUT2D eigenvalue weighted by Crippen LogP contribution is -2.50. The van der Waals surface area contributed by atoms with E-state index in [0.29, 0.717) is 32.6 Å². The Morgan fingerprint density at radius 2 is 1.36 bits per heavy atom. The lowest BCUT2D eigenvalue weighted by atomic mass is 10.2. The van der Waals surface area contributed by atoms with Crippen molar-refractivity contribution in [2.45, 2.75) is 13.0 Å². The Bertz CT molecular complexity index is 710. The van der Waals surface area contributed by atoms with E-state index in [2.05, 4.69) is 29.2 Å². The summed E-state index contributed by atoms with van der Waals surface area (Å²) < 4.78 is 0. The Labute approximate surface area is 165 Å². The molecule has 2 atom stereocenters. The van der Waals surface area contributed by atoms with Crippen molar-refractivity contribution in [1.82, 2.24) is 19.6 Å². The monoisotopic (exact) mass is 384 g/mol. The predicted molar refractivity (Wildman–Crippen MR) is 104 cm³/mol. The molecule has 28 heavy (non-hydrogen) atoms. The third-order valence-electron chi connectivity index (χ3n) is 6.13. The first-order valence-electron chi connectivity index (χ1n) is 10.2. The molecule has 3 fully saturated rings. The minimum atomic E-state index is -0.155. The molecule has 2 heterocycles. The van der Waals surface area contributed by atoms with Crippen LogP contribution in [0.15, 0.2) is 30.3 Å². The molecule has 4 rings (SSSR count). The van der Waals surface area contributed by atoms with E-state index >= 15 is 0 Å². The summed E-state index contributed by atoms with van der Waals surface area (Å²) in [4.78, 5) is 44.1. The average Bonchev–Trinajstić information content (AvgIpc) is 3.55. The van der Waals surface area contributed by atoms with Gasteiger partial charge in [0.15, 0.2) is 0 Å². The van der Waals surface area contributed by atoms with E-state index in [1.54, 1.807) is 4.90 Å².